The van der Waals surface area contributed by atoms with E-state index >= 15 is 0 Å². The Kier molecular flexibility index (Phi) is 3.06. The number of anilines is 1. The van der Waals surface area contributed by atoms with E-state index in [0.717, 1.165) is 0 Å². The van der Waals surface area contributed by atoms with Gasteiger partial charge in [-0.3, -0.25) is 15.5 Å². The van der Waals surface area contributed by atoms with Crippen LogP contribution in [-0.4, -0.2) is 11.0 Å². The van der Waals surface area contributed by atoms with Crippen LogP contribution in [0.15, 0.2) is 18.2 Å². The summed E-state index contributed by atoms with van der Waals surface area (Å²) in [5, 5.41) is 20.5. The molecule has 0 aliphatic rings. The number of nitro benzene ring substituents is 1. The molecule has 0 atom stereocenters. The summed E-state index contributed by atoms with van der Waals surface area (Å²) in [4.78, 5) is 19.9. The van der Waals surface area contributed by atoms with E-state index in [9.17, 15) is 20.0 Å². The Morgan fingerprint density at radius 1 is 1.47 bits per heavy atom. The number of amides is 1. The summed E-state index contributed by atoms with van der Waals surface area (Å²) in [7, 11) is 0. The lowest BCUT2D eigenvalue weighted by atomic mass is 10.2. The van der Waals surface area contributed by atoms with Crippen LogP contribution >= 0.6 is 0 Å². The van der Waals surface area contributed by atoms with Gasteiger partial charge in [0.25, 0.3) is 5.69 Å². The average molecular weight is 210 g/mol. The van der Waals surface area contributed by atoms with E-state index < -0.39 is 11.0 Å². The van der Waals surface area contributed by atoms with Crippen LogP contribution in [0.5, 0.6) is 0 Å². The predicted octanol–water partition coefficient (Wildman–Crippen LogP) is 1.37. The number of hydrazine groups is 1. The molecule has 1 aromatic rings. The minimum absolute atomic E-state index is 0.122. The zero-order chi connectivity index (χ0) is 11.4. The van der Waals surface area contributed by atoms with Crippen LogP contribution in [0.3, 0.4) is 0 Å². The number of rotatable bonds is 3. The first kappa shape index (κ1) is 10.8. The second kappa shape index (κ2) is 4.27. The SMILES string of the molecule is Cc1ccc([N+](=O)[O-])cc1NNC([O])=O. The standard InChI is InChI=1S/C8H8N3O4/c1-5-2-3-6(11(14)15)4-7(5)9-10-8(12)13/h2-4,9-10H,1H3. The Morgan fingerprint density at radius 3 is 2.67 bits per heavy atom. The van der Waals surface area contributed by atoms with Gasteiger partial charge in [0.1, 0.15) is 0 Å². The number of benzene rings is 1. The molecule has 0 unspecified atom stereocenters. The van der Waals surface area contributed by atoms with Gasteiger partial charge >= 0.3 is 6.09 Å². The quantitative estimate of drug-likeness (QED) is 0.580. The van der Waals surface area contributed by atoms with Gasteiger partial charge in [-0.05, 0) is 12.5 Å². The summed E-state index contributed by atoms with van der Waals surface area (Å²) in [6.07, 6.45) is -1.51. The molecule has 0 heterocycles. The van der Waals surface area contributed by atoms with Gasteiger partial charge in [0.15, 0.2) is 0 Å². The van der Waals surface area contributed by atoms with Gasteiger partial charge in [0.2, 0.25) is 0 Å². The molecular formula is C8H8N3O4. The van der Waals surface area contributed by atoms with Crippen LogP contribution in [-0.2, 0) is 5.11 Å². The lowest BCUT2D eigenvalue weighted by Crippen LogP contribution is -2.26. The Morgan fingerprint density at radius 2 is 2.13 bits per heavy atom. The predicted molar refractivity (Wildman–Crippen MR) is 50.7 cm³/mol. The molecule has 1 rings (SSSR count). The normalized spacial score (nSPS) is 9.40. The molecule has 0 fully saturated rings. The Hall–Kier alpha value is -2.31. The molecule has 15 heavy (non-hydrogen) atoms. The first-order valence-corrected chi connectivity index (χ1v) is 3.99. The molecule has 1 radical (unpaired) electrons. The molecule has 7 heteroatoms. The fourth-order valence-electron chi connectivity index (χ4n) is 0.977. The molecule has 1 amide bonds. The number of nitrogens with zero attached hydrogens (tertiary/aromatic N) is 1. The third-order valence-corrected chi connectivity index (χ3v) is 1.73. The molecular weight excluding hydrogens is 202 g/mol. The van der Waals surface area contributed by atoms with E-state index in [4.69, 9.17) is 0 Å². The fourth-order valence-corrected chi connectivity index (χ4v) is 0.977. The van der Waals surface area contributed by atoms with E-state index in [1.807, 2.05) is 0 Å². The summed E-state index contributed by atoms with van der Waals surface area (Å²) in [5.74, 6) is 0. The molecule has 0 aliphatic carbocycles. The van der Waals surface area contributed by atoms with Crippen LogP contribution < -0.4 is 10.9 Å². The van der Waals surface area contributed by atoms with Gasteiger partial charge < -0.3 is 0 Å². The second-order valence-electron chi connectivity index (χ2n) is 2.79. The number of carbonyl (C=O) groups is 1. The van der Waals surface area contributed by atoms with Crippen molar-refractivity contribution in [3.8, 4) is 0 Å². The minimum atomic E-state index is -1.51. The van der Waals surface area contributed by atoms with Gasteiger partial charge in [-0.25, -0.2) is 15.3 Å². The number of aryl methyl sites for hydroxylation is 1. The summed E-state index contributed by atoms with van der Waals surface area (Å²) < 4.78 is 0. The van der Waals surface area contributed by atoms with E-state index in [0.29, 0.717) is 11.3 Å². The van der Waals surface area contributed by atoms with Gasteiger partial charge in [0, 0.05) is 12.1 Å². The number of non-ortho nitro benzene ring substituents is 1. The highest BCUT2D eigenvalue weighted by atomic mass is 16.6. The zero-order valence-electron chi connectivity index (χ0n) is 7.81. The summed E-state index contributed by atoms with van der Waals surface area (Å²) in [5.41, 5.74) is 4.96. The third-order valence-electron chi connectivity index (χ3n) is 1.73. The first-order valence-electron chi connectivity index (χ1n) is 3.99. The maximum absolute atomic E-state index is 10.4. The van der Waals surface area contributed by atoms with E-state index in [2.05, 4.69) is 5.43 Å². The van der Waals surface area contributed by atoms with Crippen molar-refractivity contribution in [1.29, 1.82) is 0 Å². The highest BCUT2D eigenvalue weighted by molar-refractivity contribution is 5.68. The Labute approximate surface area is 84.8 Å². The van der Waals surface area contributed by atoms with Gasteiger partial charge in [-0.15, -0.1) is 0 Å². The lowest BCUT2D eigenvalue weighted by Gasteiger charge is -2.07. The molecule has 1 aromatic carbocycles. The Bertz CT molecular complexity index is 405. The van der Waals surface area contributed by atoms with Crippen LogP contribution in [0.1, 0.15) is 5.56 Å². The van der Waals surface area contributed by atoms with Crippen LogP contribution in [0.2, 0.25) is 0 Å². The largest absolute Gasteiger partial charge is 0.468 e. The lowest BCUT2D eigenvalue weighted by molar-refractivity contribution is -0.384. The number of hydrogen-bond acceptors (Lipinski definition) is 4. The summed E-state index contributed by atoms with van der Waals surface area (Å²) in [6.45, 7) is 1.68. The highest BCUT2D eigenvalue weighted by Crippen LogP contribution is 2.20. The molecule has 0 spiro atoms. The van der Waals surface area contributed by atoms with Crippen molar-refractivity contribution >= 4 is 17.5 Å². The molecule has 0 aliphatic heterocycles. The summed E-state index contributed by atoms with van der Waals surface area (Å²) >= 11 is 0. The maximum atomic E-state index is 10.4. The monoisotopic (exact) mass is 210 g/mol. The third kappa shape index (κ3) is 2.83. The van der Waals surface area contributed by atoms with Crippen molar-refractivity contribution in [1.82, 2.24) is 5.43 Å². The number of nitrogens with one attached hydrogen (secondary N) is 2. The van der Waals surface area contributed by atoms with Crippen molar-refractivity contribution < 1.29 is 14.8 Å². The topological polar surface area (TPSA) is 104 Å². The number of nitro groups is 1. The fraction of sp³-hybridized carbons (Fsp3) is 0.125. The maximum Gasteiger partial charge on any atom is 0.468 e. The molecule has 7 nitrogen and oxygen atoms in total. The molecule has 2 N–H and O–H groups in total. The van der Waals surface area contributed by atoms with Crippen molar-refractivity contribution in [2.45, 2.75) is 6.92 Å². The summed E-state index contributed by atoms with van der Waals surface area (Å²) in [6, 6.07) is 4.07. The average Bonchev–Trinajstić information content (AvgIpc) is 2.16. The smallest absolute Gasteiger partial charge is 0.295 e. The number of carbonyl (C=O) groups excluding carboxylic acids is 1. The van der Waals surface area contributed by atoms with Crippen molar-refractivity contribution in [2.75, 3.05) is 5.43 Å². The minimum Gasteiger partial charge on any atom is -0.295 e. The van der Waals surface area contributed by atoms with Crippen molar-refractivity contribution in [3.63, 3.8) is 0 Å². The Balaban J connectivity index is 2.90. The van der Waals surface area contributed by atoms with E-state index in [-0.39, 0.29) is 5.69 Å². The van der Waals surface area contributed by atoms with Gasteiger partial charge in [-0.2, -0.15) is 0 Å². The van der Waals surface area contributed by atoms with Crippen LogP contribution in [0, 0.1) is 17.0 Å². The van der Waals surface area contributed by atoms with Gasteiger partial charge in [0.05, 0.1) is 10.6 Å². The van der Waals surface area contributed by atoms with Crippen LogP contribution in [0.4, 0.5) is 16.2 Å². The van der Waals surface area contributed by atoms with E-state index in [1.54, 1.807) is 12.3 Å². The molecule has 79 valence electrons. The highest BCUT2D eigenvalue weighted by Gasteiger charge is 2.08. The second-order valence-corrected chi connectivity index (χ2v) is 2.79. The molecule has 0 saturated heterocycles. The van der Waals surface area contributed by atoms with Crippen molar-refractivity contribution in [3.05, 3.63) is 33.9 Å². The van der Waals surface area contributed by atoms with Crippen molar-refractivity contribution in [2.24, 2.45) is 0 Å². The molecule has 0 bridgehead atoms. The molecule has 0 saturated carbocycles. The number of hydrogen-bond donors (Lipinski definition) is 2. The zero-order valence-corrected chi connectivity index (χ0v) is 7.81. The van der Waals surface area contributed by atoms with E-state index in [1.165, 1.54) is 18.2 Å². The molecule has 0 aromatic heterocycles. The van der Waals surface area contributed by atoms with Crippen LogP contribution in [0.25, 0.3) is 0 Å². The first-order chi connectivity index (χ1) is 7.00. The van der Waals surface area contributed by atoms with Gasteiger partial charge in [-0.1, -0.05) is 6.07 Å².